The van der Waals surface area contributed by atoms with Crippen molar-refractivity contribution >= 4 is 11.3 Å². The molecule has 2 N–H and O–H groups in total. The van der Waals surface area contributed by atoms with Gasteiger partial charge in [0, 0.05) is 17.4 Å². The van der Waals surface area contributed by atoms with Crippen LogP contribution in [0.15, 0.2) is 29.6 Å². The number of aryl methyl sites for hydroxylation is 1. The molecule has 0 bridgehead atoms. The number of nitrogens with two attached hydrogens (primary N) is 1. The van der Waals surface area contributed by atoms with Crippen molar-refractivity contribution in [2.75, 3.05) is 6.54 Å². The van der Waals surface area contributed by atoms with Crippen LogP contribution in [0.25, 0.3) is 11.3 Å². The average molecular weight is 274 g/mol. The highest BCUT2D eigenvalue weighted by Crippen LogP contribution is 2.27. The van der Waals surface area contributed by atoms with Gasteiger partial charge in [0.15, 0.2) is 0 Å². The Balaban J connectivity index is 2.16. The molecular formula is C16H22N2S. The van der Waals surface area contributed by atoms with Crippen molar-refractivity contribution in [1.29, 1.82) is 0 Å². The molecule has 0 amide bonds. The molecular weight excluding hydrogens is 252 g/mol. The van der Waals surface area contributed by atoms with Crippen LogP contribution in [0.5, 0.6) is 0 Å². The number of rotatable bonds is 4. The zero-order valence-corrected chi connectivity index (χ0v) is 12.8. The molecule has 0 saturated carbocycles. The van der Waals surface area contributed by atoms with Gasteiger partial charge in [-0.3, -0.25) is 0 Å². The van der Waals surface area contributed by atoms with Gasteiger partial charge in [-0.25, -0.2) is 4.98 Å². The zero-order valence-electron chi connectivity index (χ0n) is 11.9. The minimum absolute atomic E-state index is 0.201. The summed E-state index contributed by atoms with van der Waals surface area (Å²) in [6.45, 7) is 7.43. The maximum absolute atomic E-state index is 5.53. The van der Waals surface area contributed by atoms with E-state index in [1.54, 1.807) is 11.3 Å². The summed E-state index contributed by atoms with van der Waals surface area (Å²) < 4.78 is 0. The van der Waals surface area contributed by atoms with Gasteiger partial charge in [-0.2, -0.15) is 0 Å². The largest absolute Gasteiger partial charge is 0.330 e. The van der Waals surface area contributed by atoms with Crippen LogP contribution in [0.2, 0.25) is 0 Å². The lowest BCUT2D eigenvalue weighted by molar-refractivity contribution is 0.590. The molecule has 0 aliphatic heterocycles. The Morgan fingerprint density at radius 1 is 1.16 bits per heavy atom. The molecule has 1 heterocycles. The minimum Gasteiger partial charge on any atom is -0.330 e. The van der Waals surface area contributed by atoms with Crippen LogP contribution < -0.4 is 5.73 Å². The molecule has 0 aliphatic rings. The van der Waals surface area contributed by atoms with Gasteiger partial charge in [0.25, 0.3) is 0 Å². The summed E-state index contributed by atoms with van der Waals surface area (Å²) in [5.74, 6) is 0. The SMILES string of the molecule is CC(C)(C)c1ccc(-c2csc(CCCN)n2)cc1. The molecule has 3 heteroatoms. The molecule has 19 heavy (non-hydrogen) atoms. The van der Waals surface area contributed by atoms with Gasteiger partial charge in [0.2, 0.25) is 0 Å². The second kappa shape index (κ2) is 5.85. The molecule has 0 saturated heterocycles. The fourth-order valence-corrected chi connectivity index (χ4v) is 2.80. The molecule has 0 spiro atoms. The Morgan fingerprint density at radius 3 is 2.42 bits per heavy atom. The minimum atomic E-state index is 0.201. The summed E-state index contributed by atoms with van der Waals surface area (Å²) in [6.07, 6.45) is 2.00. The predicted octanol–water partition coefficient (Wildman–Crippen LogP) is 4.00. The highest BCUT2D eigenvalue weighted by Gasteiger charge is 2.13. The third-order valence-corrected chi connectivity index (χ3v) is 4.10. The van der Waals surface area contributed by atoms with Gasteiger partial charge in [-0.1, -0.05) is 45.0 Å². The van der Waals surface area contributed by atoms with E-state index in [9.17, 15) is 0 Å². The van der Waals surface area contributed by atoms with E-state index >= 15 is 0 Å². The van der Waals surface area contributed by atoms with E-state index in [4.69, 9.17) is 5.73 Å². The second-order valence-corrected chi connectivity index (χ2v) is 6.79. The maximum atomic E-state index is 5.53. The van der Waals surface area contributed by atoms with Gasteiger partial charge in [0.05, 0.1) is 10.7 Å². The summed E-state index contributed by atoms with van der Waals surface area (Å²) in [7, 11) is 0. The Labute approximate surface area is 119 Å². The molecule has 0 unspecified atom stereocenters. The lowest BCUT2D eigenvalue weighted by atomic mass is 9.86. The molecule has 1 aromatic heterocycles. The molecule has 0 radical (unpaired) electrons. The smallest absolute Gasteiger partial charge is 0.0933 e. The van der Waals surface area contributed by atoms with Gasteiger partial charge >= 0.3 is 0 Å². The molecule has 0 aliphatic carbocycles. The van der Waals surface area contributed by atoms with Crippen LogP contribution in [-0.2, 0) is 11.8 Å². The number of benzene rings is 1. The Bertz CT molecular complexity index is 520. The molecule has 0 atom stereocenters. The number of thiazole rings is 1. The first-order chi connectivity index (χ1) is 9.00. The van der Waals surface area contributed by atoms with Crippen LogP contribution in [0.3, 0.4) is 0 Å². The average Bonchev–Trinajstić information content (AvgIpc) is 2.84. The predicted molar refractivity (Wildman–Crippen MR) is 83.6 cm³/mol. The first kappa shape index (κ1) is 14.2. The first-order valence-corrected chi connectivity index (χ1v) is 7.64. The standard InChI is InChI=1S/C16H22N2S/c1-16(2,3)13-8-6-12(7-9-13)14-11-19-15(18-14)5-4-10-17/h6-9,11H,4-5,10,17H2,1-3H3. The van der Waals surface area contributed by atoms with Gasteiger partial charge in [0.1, 0.15) is 0 Å². The van der Waals surface area contributed by atoms with E-state index in [1.807, 2.05) is 0 Å². The van der Waals surface area contributed by atoms with Crippen molar-refractivity contribution in [1.82, 2.24) is 4.98 Å². The fourth-order valence-electron chi connectivity index (χ4n) is 1.95. The first-order valence-electron chi connectivity index (χ1n) is 6.76. The van der Waals surface area contributed by atoms with Crippen LogP contribution in [0.4, 0.5) is 0 Å². The Hall–Kier alpha value is -1.19. The normalized spacial score (nSPS) is 11.8. The number of hydrogen-bond acceptors (Lipinski definition) is 3. The van der Waals surface area contributed by atoms with E-state index in [0.29, 0.717) is 0 Å². The number of aromatic nitrogens is 1. The van der Waals surface area contributed by atoms with Crippen molar-refractivity contribution < 1.29 is 0 Å². The Kier molecular flexibility index (Phi) is 4.38. The number of hydrogen-bond donors (Lipinski definition) is 1. The quantitative estimate of drug-likeness (QED) is 0.915. The van der Waals surface area contributed by atoms with E-state index in [2.05, 4.69) is 55.4 Å². The van der Waals surface area contributed by atoms with E-state index in [1.165, 1.54) is 16.1 Å². The lowest BCUT2D eigenvalue weighted by Gasteiger charge is -2.18. The molecule has 0 fully saturated rings. The maximum Gasteiger partial charge on any atom is 0.0933 e. The van der Waals surface area contributed by atoms with Crippen molar-refractivity contribution in [3.8, 4) is 11.3 Å². The summed E-state index contributed by atoms with van der Waals surface area (Å²) in [5, 5.41) is 3.32. The van der Waals surface area contributed by atoms with Crippen LogP contribution in [0.1, 0.15) is 37.8 Å². The van der Waals surface area contributed by atoms with Crippen molar-refractivity contribution in [2.45, 2.75) is 39.0 Å². The third-order valence-electron chi connectivity index (χ3n) is 3.19. The highest BCUT2D eigenvalue weighted by molar-refractivity contribution is 7.09. The van der Waals surface area contributed by atoms with E-state index in [-0.39, 0.29) is 5.41 Å². The van der Waals surface area contributed by atoms with E-state index in [0.717, 1.165) is 25.1 Å². The van der Waals surface area contributed by atoms with Crippen LogP contribution >= 0.6 is 11.3 Å². The summed E-state index contributed by atoms with van der Waals surface area (Å²) in [6, 6.07) is 8.74. The molecule has 2 aromatic rings. The lowest BCUT2D eigenvalue weighted by Crippen LogP contribution is -2.10. The molecule has 2 nitrogen and oxygen atoms in total. The summed E-state index contributed by atoms with van der Waals surface area (Å²) in [5.41, 5.74) is 9.36. The van der Waals surface area contributed by atoms with Crippen molar-refractivity contribution in [2.24, 2.45) is 5.73 Å². The number of nitrogens with zero attached hydrogens (tertiary/aromatic N) is 1. The van der Waals surface area contributed by atoms with Gasteiger partial charge in [-0.15, -0.1) is 11.3 Å². The third kappa shape index (κ3) is 3.64. The van der Waals surface area contributed by atoms with Crippen LogP contribution in [-0.4, -0.2) is 11.5 Å². The van der Waals surface area contributed by atoms with Gasteiger partial charge in [-0.05, 0) is 23.9 Å². The zero-order chi connectivity index (χ0) is 13.9. The molecule has 1 aromatic carbocycles. The highest BCUT2D eigenvalue weighted by atomic mass is 32.1. The van der Waals surface area contributed by atoms with E-state index < -0.39 is 0 Å². The van der Waals surface area contributed by atoms with Crippen molar-refractivity contribution in [3.05, 3.63) is 40.2 Å². The van der Waals surface area contributed by atoms with Crippen LogP contribution in [0, 0.1) is 0 Å². The summed E-state index contributed by atoms with van der Waals surface area (Å²) in [4.78, 5) is 4.67. The van der Waals surface area contributed by atoms with Crippen molar-refractivity contribution in [3.63, 3.8) is 0 Å². The molecule has 102 valence electrons. The fraction of sp³-hybridized carbons (Fsp3) is 0.438. The molecule has 2 rings (SSSR count). The topological polar surface area (TPSA) is 38.9 Å². The summed E-state index contributed by atoms with van der Waals surface area (Å²) >= 11 is 1.73. The van der Waals surface area contributed by atoms with Gasteiger partial charge < -0.3 is 5.73 Å². The monoisotopic (exact) mass is 274 g/mol. The second-order valence-electron chi connectivity index (χ2n) is 5.85. The Morgan fingerprint density at radius 2 is 1.84 bits per heavy atom.